The van der Waals surface area contributed by atoms with E-state index in [9.17, 15) is 50.8 Å². The molecule has 9 N–H and O–H groups in total. The molecule has 2 aromatic carbocycles. The lowest BCUT2D eigenvalue weighted by Gasteiger charge is -2.48. The van der Waals surface area contributed by atoms with Gasteiger partial charge in [0.1, 0.15) is 36.6 Å². The number of allylic oxidation sites excluding steroid dienone is 1. The number of carbonyl (C=O) groups excluding carboxylic acids is 1. The first-order valence-corrected chi connectivity index (χ1v) is 18.1. The minimum atomic E-state index is -1.64. The Labute approximate surface area is 317 Å². The van der Waals surface area contributed by atoms with Crippen LogP contribution in [0, 0.1) is 11.8 Å². The highest BCUT2D eigenvalue weighted by atomic mass is 16.7. The number of ether oxygens (including phenoxy) is 7. The molecule has 0 radical (unpaired) electrons. The van der Waals surface area contributed by atoms with E-state index in [1.807, 2.05) is 0 Å². The van der Waals surface area contributed by atoms with Crippen LogP contribution in [0.1, 0.15) is 30.9 Å². The van der Waals surface area contributed by atoms with Gasteiger partial charge in [-0.25, -0.2) is 0 Å². The minimum absolute atomic E-state index is 0.0290. The molecule has 5 rings (SSSR count). The van der Waals surface area contributed by atoms with E-state index in [1.165, 1.54) is 44.6 Å². The van der Waals surface area contributed by atoms with E-state index in [4.69, 9.17) is 33.2 Å². The van der Waals surface area contributed by atoms with Gasteiger partial charge >= 0.3 is 0 Å². The second-order valence-corrected chi connectivity index (χ2v) is 14.2. The standard InChI is InChI=1S/C38H52O17/c1-18-12-28(32(45)33(46)30(18)43)54-36-22(15-21(39)7-4-19-5-8-23(40)27(14-19)50-3)29(17-53-37-34(47)31(44)25(42)16-52-37)55-38(35(36)48)51-11-10-20-6-9-26(49-2)24(41)13-20/h4-9,13-14,18,22,25,28-38,40-48H,10-12,15-17H2,1-3H3/b7-4-/t18-,22+,25+,28-,29-,30+,31-,32-,33-,34+,35-,36+,37+,38+/m1/s1. The summed E-state index contributed by atoms with van der Waals surface area (Å²) >= 11 is 0. The molecular formula is C38H52O17. The Kier molecular flexibility index (Phi) is 14.9. The number of methoxy groups -OCH3 is 2. The van der Waals surface area contributed by atoms with Crippen molar-refractivity contribution in [2.24, 2.45) is 11.8 Å². The fourth-order valence-corrected chi connectivity index (χ4v) is 7.03. The topological polar surface area (TPSA) is 264 Å². The van der Waals surface area contributed by atoms with Crippen LogP contribution in [0.5, 0.6) is 23.0 Å². The van der Waals surface area contributed by atoms with Crippen molar-refractivity contribution in [1.29, 1.82) is 0 Å². The van der Waals surface area contributed by atoms with Gasteiger partial charge < -0.3 is 79.1 Å². The highest BCUT2D eigenvalue weighted by Gasteiger charge is 2.51. The predicted molar refractivity (Wildman–Crippen MR) is 190 cm³/mol. The Bertz CT molecular complexity index is 1590. The number of benzene rings is 2. The molecule has 2 aliphatic heterocycles. The van der Waals surface area contributed by atoms with Crippen LogP contribution in [0.3, 0.4) is 0 Å². The van der Waals surface area contributed by atoms with Crippen LogP contribution in [0.25, 0.3) is 6.08 Å². The zero-order chi connectivity index (χ0) is 40.0. The summed E-state index contributed by atoms with van der Waals surface area (Å²) in [5.41, 5.74) is 1.21. The van der Waals surface area contributed by atoms with Gasteiger partial charge in [0.15, 0.2) is 41.4 Å². The summed E-state index contributed by atoms with van der Waals surface area (Å²) in [6.45, 7) is 0.900. The maximum Gasteiger partial charge on any atom is 0.186 e. The fourth-order valence-electron chi connectivity index (χ4n) is 7.03. The van der Waals surface area contributed by atoms with Crippen molar-refractivity contribution in [2.75, 3.05) is 34.0 Å². The molecule has 17 heteroatoms. The van der Waals surface area contributed by atoms with Gasteiger partial charge in [0.05, 0.1) is 58.5 Å². The molecular weight excluding hydrogens is 728 g/mol. The summed E-state index contributed by atoms with van der Waals surface area (Å²) in [5, 5.41) is 94.6. The molecule has 2 aromatic rings. The first-order valence-electron chi connectivity index (χ1n) is 18.1. The lowest BCUT2D eigenvalue weighted by Crippen LogP contribution is -2.62. The molecule has 2 heterocycles. The lowest BCUT2D eigenvalue weighted by molar-refractivity contribution is -0.325. The Morgan fingerprint density at radius 3 is 2.27 bits per heavy atom. The number of hydrogen-bond acceptors (Lipinski definition) is 17. The van der Waals surface area contributed by atoms with Crippen molar-refractivity contribution in [1.82, 2.24) is 0 Å². The van der Waals surface area contributed by atoms with Gasteiger partial charge in [0.25, 0.3) is 0 Å². The summed E-state index contributed by atoms with van der Waals surface area (Å²) in [5.74, 6) is -1.69. The second-order valence-electron chi connectivity index (χ2n) is 14.2. The van der Waals surface area contributed by atoms with Gasteiger partial charge in [0, 0.05) is 12.3 Å². The van der Waals surface area contributed by atoms with Gasteiger partial charge in [-0.05, 0) is 60.2 Å². The predicted octanol–water partition coefficient (Wildman–Crippen LogP) is -0.619. The van der Waals surface area contributed by atoms with Gasteiger partial charge in [-0.2, -0.15) is 0 Å². The number of aliphatic hydroxyl groups is 7. The van der Waals surface area contributed by atoms with E-state index >= 15 is 0 Å². The number of hydrogen-bond donors (Lipinski definition) is 9. The number of phenolic OH excluding ortho intramolecular Hbond substituents is 2. The third kappa shape index (κ3) is 10.3. The third-order valence-electron chi connectivity index (χ3n) is 10.3. The Hall–Kier alpha value is -3.43. The van der Waals surface area contributed by atoms with Crippen LogP contribution < -0.4 is 9.47 Å². The average Bonchev–Trinajstić information content (AvgIpc) is 3.17. The largest absolute Gasteiger partial charge is 0.504 e. The molecule has 0 bridgehead atoms. The Morgan fingerprint density at radius 1 is 0.818 bits per heavy atom. The van der Waals surface area contributed by atoms with Crippen LogP contribution in [-0.4, -0.2) is 159 Å². The normalized spacial score (nSPS) is 35.5. The molecule has 0 aromatic heterocycles. The van der Waals surface area contributed by atoms with E-state index in [2.05, 4.69) is 0 Å². The fraction of sp³-hybridized carbons (Fsp3) is 0.605. The molecule has 14 atom stereocenters. The van der Waals surface area contributed by atoms with E-state index in [1.54, 1.807) is 25.1 Å². The first kappa shape index (κ1) is 42.7. The number of carbonyl (C=O) groups is 1. The summed E-state index contributed by atoms with van der Waals surface area (Å²) in [6.07, 6.45) is -14.0. The zero-order valence-corrected chi connectivity index (χ0v) is 30.7. The average molecular weight is 781 g/mol. The highest BCUT2D eigenvalue weighted by molar-refractivity contribution is 5.93. The zero-order valence-electron chi connectivity index (χ0n) is 30.7. The molecule has 0 amide bonds. The molecule has 2 saturated heterocycles. The van der Waals surface area contributed by atoms with Gasteiger partial charge in [-0.15, -0.1) is 0 Å². The SMILES string of the molecule is COc1ccc(CCO[C@H]2O[C@H](CO[C@@H]3OC[C@H](O)[C@@H](O)[C@@H]3O)[C@H](CC(=O)/C=C\c3ccc(O)c(OC)c3)[C@H](O[C@@H]3C[C@@H](C)[C@H](O)[C@@H](O)[C@@H]3O)[C@H]2O)cc1O. The van der Waals surface area contributed by atoms with Crippen molar-refractivity contribution in [3.05, 3.63) is 53.6 Å². The first-order chi connectivity index (χ1) is 26.2. The van der Waals surface area contributed by atoms with Crippen molar-refractivity contribution in [3.8, 4) is 23.0 Å². The molecule has 55 heavy (non-hydrogen) atoms. The molecule has 0 spiro atoms. The van der Waals surface area contributed by atoms with Crippen LogP contribution in [-0.2, 0) is 34.9 Å². The second kappa shape index (κ2) is 19.1. The highest BCUT2D eigenvalue weighted by Crippen LogP contribution is 2.37. The summed E-state index contributed by atoms with van der Waals surface area (Å²) in [6, 6.07) is 9.30. The summed E-state index contributed by atoms with van der Waals surface area (Å²) < 4.78 is 40.1. The van der Waals surface area contributed by atoms with Crippen molar-refractivity contribution >= 4 is 11.9 Å². The number of aliphatic hydroxyl groups excluding tert-OH is 7. The van der Waals surface area contributed by atoms with E-state index < -0.39 is 97.8 Å². The Morgan fingerprint density at radius 2 is 1.56 bits per heavy atom. The number of aromatic hydroxyl groups is 2. The van der Waals surface area contributed by atoms with E-state index in [0.717, 1.165) is 0 Å². The molecule has 306 valence electrons. The van der Waals surface area contributed by atoms with E-state index in [0.29, 0.717) is 11.1 Å². The lowest BCUT2D eigenvalue weighted by atomic mass is 9.80. The molecule has 0 unspecified atom stereocenters. The minimum Gasteiger partial charge on any atom is -0.504 e. The molecule has 3 aliphatic rings. The van der Waals surface area contributed by atoms with Crippen molar-refractivity contribution < 1.29 is 83.9 Å². The number of phenols is 2. The number of rotatable bonds is 15. The molecule has 3 fully saturated rings. The molecule has 1 aliphatic carbocycles. The molecule has 17 nitrogen and oxygen atoms in total. The third-order valence-corrected chi connectivity index (χ3v) is 10.3. The van der Waals surface area contributed by atoms with Crippen LogP contribution in [0.4, 0.5) is 0 Å². The maximum atomic E-state index is 13.6. The van der Waals surface area contributed by atoms with Crippen LogP contribution in [0.15, 0.2) is 42.5 Å². The molecule has 1 saturated carbocycles. The maximum absolute atomic E-state index is 13.6. The Balaban J connectivity index is 1.42. The van der Waals surface area contributed by atoms with Crippen molar-refractivity contribution in [3.63, 3.8) is 0 Å². The summed E-state index contributed by atoms with van der Waals surface area (Å²) in [4.78, 5) is 13.6. The monoisotopic (exact) mass is 780 g/mol. The summed E-state index contributed by atoms with van der Waals surface area (Å²) in [7, 11) is 2.81. The van der Waals surface area contributed by atoms with Crippen LogP contribution in [0.2, 0.25) is 0 Å². The quantitative estimate of drug-likeness (QED) is 0.102. The smallest absolute Gasteiger partial charge is 0.186 e. The van der Waals surface area contributed by atoms with Crippen LogP contribution >= 0.6 is 0 Å². The van der Waals surface area contributed by atoms with Gasteiger partial charge in [0.2, 0.25) is 0 Å². The van der Waals surface area contributed by atoms with E-state index in [-0.39, 0.29) is 55.5 Å². The number of ketones is 1. The van der Waals surface area contributed by atoms with Crippen molar-refractivity contribution in [2.45, 2.75) is 99.8 Å². The van der Waals surface area contributed by atoms with Gasteiger partial charge in [-0.3, -0.25) is 4.79 Å². The van der Waals surface area contributed by atoms with Gasteiger partial charge in [-0.1, -0.05) is 25.1 Å².